The van der Waals surface area contributed by atoms with Crippen molar-refractivity contribution in [1.29, 1.82) is 0 Å². The fourth-order valence-corrected chi connectivity index (χ4v) is 2.66. The van der Waals surface area contributed by atoms with Gasteiger partial charge in [0.05, 0.1) is 24.2 Å². The maximum Gasteiger partial charge on any atom is 0.275 e. The number of nitrogens with zero attached hydrogens (tertiary/aromatic N) is 2. The van der Waals surface area contributed by atoms with Gasteiger partial charge in [0.1, 0.15) is 17.3 Å². The summed E-state index contributed by atoms with van der Waals surface area (Å²) in [6, 6.07) is 12.8. The molecule has 144 valence electrons. The van der Waals surface area contributed by atoms with E-state index in [0.29, 0.717) is 22.3 Å². The third-order valence-electron chi connectivity index (χ3n) is 3.84. The lowest BCUT2D eigenvalue weighted by atomic mass is 10.2. The number of anilines is 3. The van der Waals surface area contributed by atoms with Gasteiger partial charge >= 0.3 is 0 Å². The second-order valence-electron chi connectivity index (χ2n) is 6.49. The highest BCUT2D eigenvalue weighted by Crippen LogP contribution is 2.26. The number of carbonyl (C=O) groups excluding carboxylic acids is 1. The van der Waals surface area contributed by atoms with Gasteiger partial charge in [0.2, 0.25) is 0 Å². The van der Waals surface area contributed by atoms with Crippen LogP contribution in [0.5, 0.6) is 5.75 Å². The van der Waals surface area contributed by atoms with Crippen molar-refractivity contribution in [2.75, 3.05) is 10.6 Å². The molecule has 3 aromatic rings. The van der Waals surface area contributed by atoms with Gasteiger partial charge in [0, 0.05) is 10.7 Å². The predicted molar refractivity (Wildman–Crippen MR) is 112 cm³/mol. The van der Waals surface area contributed by atoms with Gasteiger partial charge in [-0.15, -0.1) is 0 Å². The summed E-state index contributed by atoms with van der Waals surface area (Å²) in [6.45, 7) is 5.82. The predicted octanol–water partition coefficient (Wildman–Crippen LogP) is 5.22. The van der Waals surface area contributed by atoms with Crippen molar-refractivity contribution in [2.24, 2.45) is 0 Å². The molecule has 28 heavy (non-hydrogen) atoms. The molecule has 0 unspecified atom stereocenters. The van der Waals surface area contributed by atoms with Crippen molar-refractivity contribution in [3.05, 3.63) is 71.1 Å². The highest BCUT2D eigenvalue weighted by Gasteiger charge is 2.12. The van der Waals surface area contributed by atoms with Crippen LogP contribution in [-0.2, 0) is 0 Å². The van der Waals surface area contributed by atoms with Gasteiger partial charge < -0.3 is 15.4 Å². The number of halogens is 1. The smallest absolute Gasteiger partial charge is 0.275 e. The molecule has 6 nitrogen and oxygen atoms in total. The standard InChI is InChI=1S/C21H21ClN4O2/c1-13(2)28-19-7-5-4-6-16(19)26-21(27)18-11-24-20(12-23-18)25-17-10-15(22)9-8-14(17)3/h4-13H,1-3H3,(H,24,25)(H,26,27). The van der Waals surface area contributed by atoms with Crippen molar-refractivity contribution >= 4 is 34.7 Å². The zero-order valence-corrected chi connectivity index (χ0v) is 16.6. The van der Waals surface area contributed by atoms with Crippen molar-refractivity contribution in [3.8, 4) is 5.75 Å². The van der Waals surface area contributed by atoms with E-state index in [9.17, 15) is 4.79 Å². The van der Waals surface area contributed by atoms with Crippen LogP contribution in [0.15, 0.2) is 54.9 Å². The molecule has 3 rings (SSSR count). The third kappa shape index (κ3) is 4.98. The largest absolute Gasteiger partial charge is 0.489 e. The molecule has 2 N–H and O–H groups in total. The van der Waals surface area contributed by atoms with E-state index in [4.69, 9.17) is 16.3 Å². The van der Waals surface area contributed by atoms with Crippen LogP contribution in [0, 0.1) is 6.92 Å². The normalized spacial score (nSPS) is 10.6. The van der Waals surface area contributed by atoms with E-state index in [0.717, 1.165) is 11.3 Å². The molecule has 0 aliphatic carbocycles. The second-order valence-corrected chi connectivity index (χ2v) is 6.92. The number of amides is 1. The third-order valence-corrected chi connectivity index (χ3v) is 4.08. The molecule has 0 fully saturated rings. The summed E-state index contributed by atoms with van der Waals surface area (Å²) in [5.74, 6) is 0.761. The summed E-state index contributed by atoms with van der Waals surface area (Å²) in [6.07, 6.45) is 2.92. The Morgan fingerprint density at radius 2 is 1.86 bits per heavy atom. The maximum absolute atomic E-state index is 12.5. The highest BCUT2D eigenvalue weighted by atomic mass is 35.5. The molecule has 1 aromatic heterocycles. The first kappa shape index (κ1) is 19.6. The quantitative estimate of drug-likeness (QED) is 0.597. The Balaban J connectivity index is 1.71. The number of rotatable bonds is 6. The Morgan fingerprint density at radius 1 is 1.07 bits per heavy atom. The van der Waals surface area contributed by atoms with Crippen LogP contribution in [-0.4, -0.2) is 22.0 Å². The minimum absolute atomic E-state index is 0.00171. The molecule has 0 radical (unpaired) electrons. The van der Waals surface area contributed by atoms with E-state index in [1.54, 1.807) is 6.07 Å². The molecule has 0 spiro atoms. The molecule has 0 aliphatic heterocycles. The summed E-state index contributed by atoms with van der Waals surface area (Å²) in [4.78, 5) is 21.0. The van der Waals surface area contributed by atoms with E-state index in [1.807, 2.05) is 57.2 Å². The van der Waals surface area contributed by atoms with Crippen molar-refractivity contribution in [2.45, 2.75) is 26.9 Å². The molecule has 7 heteroatoms. The average molecular weight is 397 g/mol. The maximum atomic E-state index is 12.5. The van der Waals surface area contributed by atoms with Crippen molar-refractivity contribution in [1.82, 2.24) is 9.97 Å². The summed E-state index contributed by atoms with van der Waals surface area (Å²) in [5.41, 5.74) is 2.64. The Kier molecular flexibility index (Phi) is 6.11. The van der Waals surface area contributed by atoms with Crippen LogP contribution in [0.4, 0.5) is 17.2 Å². The van der Waals surface area contributed by atoms with Crippen LogP contribution in [0.25, 0.3) is 0 Å². The Bertz CT molecular complexity index is 974. The average Bonchev–Trinajstić information content (AvgIpc) is 2.66. The molecular formula is C21H21ClN4O2. The van der Waals surface area contributed by atoms with E-state index in [2.05, 4.69) is 20.6 Å². The zero-order valence-electron chi connectivity index (χ0n) is 15.9. The first-order valence-corrected chi connectivity index (χ1v) is 9.22. The topological polar surface area (TPSA) is 76.1 Å². The second kappa shape index (κ2) is 8.71. The number of aryl methyl sites for hydroxylation is 1. The van der Waals surface area contributed by atoms with Crippen LogP contribution in [0.1, 0.15) is 29.9 Å². The van der Waals surface area contributed by atoms with E-state index in [1.165, 1.54) is 12.4 Å². The van der Waals surface area contributed by atoms with Gasteiger partial charge in [-0.1, -0.05) is 29.8 Å². The van der Waals surface area contributed by atoms with Gasteiger partial charge in [-0.2, -0.15) is 0 Å². The number of hydrogen-bond donors (Lipinski definition) is 2. The van der Waals surface area contributed by atoms with Crippen molar-refractivity contribution < 1.29 is 9.53 Å². The van der Waals surface area contributed by atoms with Gasteiger partial charge in [0.25, 0.3) is 5.91 Å². The molecule has 0 saturated carbocycles. The zero-order chi connectivity index (χ0) is 20.1. The van der Waals surface area contributed by atoms with E-state index in [-0.39, 0.29) is 17.7 Å². The fourth-order valence-electron chi connectivity index (χ4n) is 2.49. The molecule has 0 saturated heterocycles. The van der Waals surface area contributed by atoms with Gasteiger partial charge in [-0.3, -0.25) is 4.79 Å². The minimum atomic E-state index is -0.363. The Hall–Kier alpha value is -3.12. The van der Waals surface area contributed by atoms with E-state index >= 15 is 0 Å². The molecule has 0 atom stereocenters. The first-order chi connectivity index (χ1) is 13.4. The number of carbonyl (C=O) groups is 1. The summed E-state index contributed by atoms with van der Waals surface area (Å²) >= 11 is 6.03. The number of aromatic nitrogens is 2. The minimum Gasteiger partial charge on any atom is -0.489 e. The highest BCUT2D eigenvalue weighted by molar-refractivity contribution is 6.30. The monoisotopic (exact) mass is 396 g/mol. The number of benzene rings is 2. The molecule has 1 amide bonds. The lowest BCUT2D eigenvalue weighted by molar-refractivity contribution is 0.102. The number of ether oxygens (including phenoxy) is 1. The van der Waals surface area contributed by atoms with Crippen LogP contribution < -0.4 is 15.4 Å². The number of para-hydroxylation sites is 2. The Labute approximate surface area is 168 Å². The van der Waals surface area contributed by atoms with Gasteiger partial charge in [-0.05, 0) is 50.6 Å². The van der Waals surface area contributed by atoms with Crippen molar-refractivity contribution in [3.63, 3.8) is 0 Å². The molecule has 0 aliphatic rings. The van der Waals surface area contributed by atoms with Gasteiger partial charge in [0.15, 0.2) is 0 Å². The van der Waals surface area contributed by atoms with Crippen LogP contribution in [0.2, 0.25) is 5.02 Å². The van der Waals surface area contributed by atoms with Crippen LogP contribution in [0.3, 0.4) is 0 Å². The lowest BCUT2D eigenvalue weighted by Gasteiger charge is -2.14. The summed E-state index contributed by atoms with van der Waals surface area (Å²) in [7, 11) is 0. The summed E-state index contributed by atoms with van der Waals surface area (Å²) in [5, 5.41) is 6.59. The number of hydrogen-bond acceptors (Lipinski definition) is 5. The van der Waals surface area contributed by atoms with E-state index < -0.39 is 0 Å². The molecule has 0 bridgehead atoms. The molecular weight excluding hydrogens is 376 g/mol. The SMILES string of the molecule is Cc1ccc(Cl)cc1Nc1cnc(C(=O)Nc2ccccc2OC(C)C)cn1. The molecule has 2 aromatic carbocycles. The van der Waals surface area contributed by atoms with Gasteiger partial charge in [-0.25, -0.2) is 9.97 Å². The molecule has 1 heterocycles. The fraction of sp³-hybridized carbons (Fsp3) is 0.190. The number of nitrogens with one attached hydrogen (secondary N) is 2. The summed E-state index contributed by atoms with van der Waals surface area (Å²) < 4.78 is 5.72. The lowest BCUT2D eigenvalue weighted by Crippen LogP contribution is -2.16. The Morgan fingerprint density at radius 3 is 2.57 bits per heavy atom. The first-order valence-electron chi connectivity index (χ1n) is 8.84. The van der Waals surface area contributed by atoms with Crippen LogP contribution >= 0.6 is 11.6 Å².